The molecule has 14 nitrogen and oxygen atoms in total. The fourth-order valence-corrected chi connectivity index (χ4v) is 6.99. The number of fused-ring (bicyclic) bond motifs is 3. The summed E-state index contributed by atoms with van der Waals surface area (Å²) in [5, 5.41) is 59.5. The van der Waals surface area contributed by atoms with E-state index in [9.17, 15) is 44.8 Å². The summed E-state index contributed by atoms with van der Waals surface area (Å²) in [5.74, 6) is -8.32. The Morgan fingerprint density at radius 3 is 2.30 bits per heavy atom. The summed E-state index contributed by atoms with van der Waals surface area (Å²) < 4.78 is 0. The lowest BCUT2D eigenvalue weighted by Crippen LogP contribution is -2.65. The highest BCUT2D eigenvalue weighted by molar-refractivity contribution is 6.24. The molecule has 3 aliphatic carbocycles. The van der Waals surface area contributed by atoms with Crippen LogP contribution in [0.2, 0.25) is 0 Å². The number of hydroxylamine groups is 2. The molecule has 2 aromatic carbocycles. The Bertz CT molecular complexity index is 1700. The third kappa shape index (κ3) is 5.18. The van der Waals surface area contributed by atoms with Gasteiger partial charge in [-0.15, -0.1) is 0 Å². The lowest BCUT2D eigenvalue weighted by atomic mass is 9.57. The number of carbonyl (C=O) groups is 4. The monoisotopic (exact) mass is 635 g/mol. The SMILES string of the molecule is CN(C)c1cc(NC(=O)CN(O)Cc2ccccc2)c(O)c2c1C[C@H]1C[C@H]3[C@H](N(C)C)C(=O)C(C(N)=O)=C(O)[C@@]3(O)C(=O)C1=C2O. The minimum absolute atomic E-state index is 0.0500. The second-order valence-corrected chi connectivity index (χ2v) is 12.4. The summed E-state index contributed by atoms with van der Waals surface area (Å²) in [6.07, 6.45) is 0.0387. The highest BCUT2D eigenvalue weighted by atomic mass is 16.5. The van der Waals surface area contributed by atoms with Crippen LogP contribution in [0.3, 0.4) is 0 Å². The van der Waals surface area contributed by atoms with Gasteiger partial charge in [-0.2, -0.15) is 5.06 Å². The van der Waals surface area contributed by atoms with E-state index < -0.39 is 76.2 Å². The number of likely N-dealkylation sites (N-methyl/N-ethyl adjacent to an activating group) is 1. The summed E-state index contributed by atoms with van der Waals surface area (Å²) in [7, 11) is 6.49. The first-order valence-corrected chi connectivity index (χ1v) is 14.6. The van der Waals surface area contributed by atoms with Crippen molar-refractivity contribution in [1.29, 1.82) is 0 Å². The Labute approximate surface area is 264 Å². The van der Waals surface area contributed by atoms with Gasteiger partial charge in [0.15, 0.2) is 11.4 Å². The average Bonchev–Trinajstić information content (AvgIpc) is 2.96. The van der Waals surface area contributed by atoms with Crippen molar-refractivity contribution in [3.63, 3.8) is 0 Å². The zero-order valence-electron chi connectivity index (χ0n) is 25.8. The molecule has 0 radical (unpaired) electrons. The van der Waals surface area contributed by atoms with E-state index in [1.807, 2.05) is 6.07 Å². The molecule has 244 valence electrons. The zero-order valence-corrected chi connectivity index (χ0v) is 25.8. The summed E-state index contributed by atoms with van der Waals surface area (Å²) in [6, 6.07) is 9.28. The van der Waals surface area contributed by atoms with Gasteiger partial charge < -0.3 is 41.6 Å². The van der Waals surface area contributed by atoms with Crippen molar-refractivity contribution in [2.75, 3.05) is 45.0 Å². The number of hydrogen-bond donors (Lipinski definition) is 7. The number of phenols is 1. The highest BCUT2D eigenvalue weighted by Crippen LogP contribution is 2.54. The van der Waals surface area contributed by atoms with Gasteiger partial charge >= 0.3 is 0 Å². The van der Waals surface area contributed by atoms with Gasteiger partial charge in [0.2, 0.25) is 11.7 Å². The Hall–Kier alpha value is -4.76. The highest BCUT2D eigenvalue weighted by Gasteiger charge is 2.64. The summed E-state index contributed by atoms with van der Waals surface area (Å²) >= 11 is 0. The van der Waals surface area contributed by atoms with E-state index in [1.165, 1.54) is 25.1 Å². The molecule has 3 aliphatic rings. The molecule has 8 N–H and O–H groups in total. The second kappa shape index (κ2) is 11.9. The Morgan fingerprint density at radius 2 is 1.72 bits per heavy atom. The van der Waals surface area contributed by atoms with E-state index in [1.54, 1.807) is 43.3 Å². The molecule has 0 heterocycles. The lowest BCUT2D eigenvalue weighted by Gasteiger charge is -2.50. The fourth-order valence-electron chi connectivity index (χ4n) is 6.99. The Kier molecular flexibility index (Phi) is 8.42. The summed E-state index contributed by atoms with van der Waals surface area (Å²) in [5.41, 5.74) is 2.84. The molecule has 1 saturated carbocycles. The minimum atomic E-state index is -2.76. The van der Waals surface area contributed by atoms with Crippen LogP contribution in [0, 0.1) is 11.8 Å². The minimum Gasteiger partial charge on any atom is -0.508 e. The smallest absolute Gasteiger partial charge is 0.255 e. The number of carbonyl (C=O) groups excluding carboxylic acids is 4. The second-order valence-electron chi connectivity index (χ2n) is 12.4. The van der Waals surface area contributed by atoms with Crippen LogP contribution in [0.25, 0.3) is 5.76 Å². The van der Waals surface area contributed by atoms with Crippen molar-refractivity contribution in [1.82, 2.24) is 9.96 Å². The number of amides is 2. The van der Waals surface area contributed by atoms with E-state index in [0.29, 0.717) is 11.3 Å². The van der Waals surface area contributed by atoms with Gasteiger partial charge in [0.05, 0.1) is 17.3 Å². The number of nitrogens with two attached hydrogens (primary N) is 1. The van der Waals surface area contributed by atoms with Crippen LogP contribution in [-0.4, -0.2) is 105 Å². The fraction of sp³-hybridized carbons (Fsp3) is 0.375. The van der Waals surface area contributed by atoms with Gasteiger partial charge in [-0.05, 0) is 50.0 Å². The number of aliphatic hydroxyl groups excluding tert-OH is 2. The number of hydrogen-bond acceptors (Lipinski definition) is 12. The van der Waals surface area contributed by atoms with Crippen molar-refractivity contribution in [2.24, 2.45) is 17.6 Å². The number of Topliss-reactive ketones (excluding diaryl/α,β-unsaturated/α-hetero) is 2. The molecule has 2 amide bonds. The van der Waals surface area contributed by atoms with Crippen LogP contribution in [0.4, 0.5) is 11.4 Å². The number of benzene rings is 2. The van der Waals surface area contributed by atoms with Crippen LogP contribution in [0.1, 0.15) is 23.1 Å². The summed E-state index contributed by atoms with van der Waals surface area (Å²) in [6.45, 7) is -0.392. The van der Waals surface area contributed by atoms with Crippen molar-refractivity contribution in [2.45, 2.75) is 31.0 Å². The number of primary amides is 1. The van der Waals surface area contributed by atoms with Crippen LogP contribution >= 0.6 is 0 Å². The molecule has 0 aliphatic heterocycles. The molecule has 4 atom stereocenters. The van der Waals surface area contributed by atoms with Crippen molar-refractivity contribution in [3.05, 3.63) is 70.0 Å². The normalized spacial score (nSPS) is 24.1. The molecule has 1 fully saturated rings. The van der Waals surface area contributed by atoms with E-state index in [-0.39, 0.29) is 36.2 Å². The van der Waals surface area contributed by atoms with Gasteiger partial charge in [-0.3, -0.25) is 24.1 Å². The molecule has 0 aromatic heterocycles. The average molecular weight is 636 g/mol. The Balaban J connectivity index is 1.56. The number of rotatable bonds is 8. The molecular formula is C32H37N5O9. The van der Waals surface area contributed by atoms with Gasteiger partial charge in [-0.1, -0.05) is 30.3 Å². The first kappa shape index (κ1) is 32.6. The Morgan fingerprint density at radius 1 is 1.07 bits per heavy atom. The van der Waals surface area contributed by atoms with Gasteiger partial charge in [0.1, 0.15) is 29.4 Å². The first-order valence-electron chi connectivity index (χ1n) is 14.6. The molecule has 46 heavy (non-hydrogen) atoms. The van der Waals surface area contributed by atoms with Crippen molar-refractivity contribution in [3.8, 4) is 5.75 Å². The van der Waals surface area contributed by atoms with Crippen LogP contribution < -0.4 is 16.0 Å². The molecule has 0 spiro atoms. The molecular weight excluding hydrogens is 598 g/mol. The van der Waals surface area contributed by atoms with Crippen molar-refractivity contribution >= 4 is 40.5 Å². The number of phenolic OH excluding ortho intramolecular Hbond substituents is 1. The lowest BCUT2D eigenvalue weighted by molar-refractivity contribution is -0.153. The standard InChI is InChI=1S/C32H37N5O9/c1-35(2)20-12-19(34-21(38)14-37(46)13-15-8-6-5-7-9-15)26(39)23-17(20)10-16-11-18-25(36(3)4)28(41)24(31(33)44)30(43)32(18,45)29(42)22(16)27(23)40/h5-9,12,16,18,25,39-40,43,45-46H,10-11,13-14H2,1-4H3,(H2,33,44)(H,34,38)/t16-,18-,25-,32-/m0/s1. The number of nitrogens with zero attached hydrogens (tertiary/aromatic N) is 3. The quantitative estimate of drug-likeness (QED) is 0.122. The number of ketones is 2. The van der Waals surface area contributed by atoms with E-state index in [0.717, 1.165) is 10.6 Å². The zero-order chi connectivity index (χ0) is 33.8. The summed E-state index contributed by atoms with van der Waals surface area (Å²) in [4.78, 5) is 55.6. The predicted octanol–water partition coefficient (Wildman–Crippen LogP) is 0.860. The maximum Gasteiger partial charge on any atom is 0.255 e. The number of aromatic hydroxyl groups is 1. The molecule has 0 bridgehead atoms. The first-order chi connectivity index (χ1) is 21.6. The molecule has 5 rings (SSSR count). The predicted molar refractivity (Wildman–Crippen MR) is 166 cm³/mol. The van der Waals surface area contributed by atoms with Crippen molar-refractivity contribution < 1.29 is 44.8 Å². The third-order valence-corrected chi connectivity index (χ3v) is 8.99. The number of aliphatic hydroxyl groups is 3. The van der Waals surface area contributed by atoms with E-state index in [4.69, 9.17) is 5.73 Å². The maximum atomic E-state index is 14.1. The number of nitrogens with one attached hydrogen (secondary N) is 1. The molecule has 0 unspecified atom stereocenters. The van der Waals surface area contributed by atoms with Crippen LogP contribution in [0.15, 0.2) is 53.3 Å². The number of anilines is 2. The molecule has 0 saturated heterocycles. The largest absolute Gasteiger partial charge is 0.508 e. The van der Waals surface area contributed by atoms with Gasteiger partial charge in [0, 0.05) is 37.8 Å². The molecule has 14 heteroatoms. The van der Waals surface area contributed by atoms with E-state index >= 15 is 0 Å². The third-order valence-electron chi connectivity index (χ3n) is 8.99. The van der Waals surface area contributed by atoms with Gasteiger partial charge in [-0.25, -0.2) is 0 Å². The van der Waals surface area contributed by atoms with Gasteiger partial charge in [0.25, 0.3) is 5.91 Å². The topological polar surface area (TPSA) is 217 Å². The maximum absolute atomic E-state index is 14.1. The molecule has 2 aromatic rings. The van der Waals surface area contributed by atoms with Crippen LogP contribution in [-0.2, 0) is 32.1 Å². The van der Waals surface area contributed by atoms with Crippen LogP contribution in [0.5, 0.6) is 5.75 Å². The van der Waals surface area contributed by atoms with E-state index in [2.05, 4.69) is 5.32 Å².